The number of amides is 2. The third-order valence-electron chi connectivity index (χ3n) is 6.80. The van der Waals surface area contributed by atoms with E-state index in [0.717, 1.165) is 47.4 Å². The number of hydrogen-bond acceptors (Lipinski definition) is 8. The first-order valence-corrected chi connectivity index (χ1v) is 14.4. The third-order valence-corrected chi connectivity index (χ3v) is 8.95. The molecule has 2 aromatic rings. The molecule has 0 radical (unpaired) electrons. The Morgan fingerprint density at radius 1 is 1.32 bits per heavy atom. The van der Waals surface area contributed by atoms with Gasteiger partial charge in [-0.05, 0) is 57.6 Å². The second-order valence-electron chi connectivity index (χ2n) is 9.06. The van der Waals surface area contributed by atoms with Crippen molar-refractivity contribution in [1.82, 2.24) is 14.7 Å². The molecule has 37 heavy (non-hydrogen) atoms. The molecule has 1 N–H and O–H groups in total. The molecule has 198 valence electrons. The summed E-state index contributed by atoms with van der Waals surface area (Å²) in [5.74, 6) is -0.190. The molecular formula is C26H33N5O4S2. The lowest BCUT2D eigenvalue weighted by molar-refractivity contribution is -0.122. The van der Waals surface area contributed by atoms with Crippen LogP contribution in [0.4, 0.5) is 5.00 Å². The highest BCUT2D eigenvalue weighted by molar-refractivity contribution is 8.14. The molecule has 2 amide bonds. The predicted molar refractivity (Wildman–Crippen MR) is 148 cm³/mol. The van der Waals surface area contributed by atoms with Gasteiger partial charge in [0.25, 0.3) is 5.91 Å². The molecule has 9 nitrogen and oxygen atoms in total. The molecule has 1 unspecified atom stereocenters. The molecule has 0 saturated carbocycles. The number of ether oxygens (including phenoxy) is 1. The van der Waals surface area contributed by atoms with E-state index in [-0.39, 0.29) is 30.1 Å². The van der Waals surface area contributed by atoms with Crippen LogP contribution in [0.25, 0.3) is 6.08 Å². The summed E-state index contributed by atoms with van der Waals surface area (Å²) in [6.45, 7) is 8.48. The van der Waals surface area contributed by atoms with Gasteiger partial charge in [-0.3, -0.25) is 19.2 Å². The maximum Gasteiger partial charge on any atom is 0.341 e. The van der Waals surface area contributed by atoms with Gasteiger partial charge in [-0.2, -0.15) is 5.10 Å². The van der Waals surface area contributed by atoms with Gasteiger partial charge in [0, 0.05) is 29.7 Å². The normalized spacial score (nSPS) is 18.2. The van der Waals surface area contributed by atoms with Gasteiger partial charge in [0.05, 0.1) is 24.1 Å². The smallest absolute Gasteiger partial charge is 0.341 e. The van der Waals surface area contributed by atoms with Crippen molar-refractivity contribution in [1.29, 1.82) is 0 Å². The molecule has 0 spiro atoms. The van der Waals surface area contributed by atoms with Crippen molar-refractivity contribution in [3.63, 3.8) is 0 Å². The number of likely N-dealkylation sites (N-methyl/N-ethyl adjacent to an activating group) is 1. The maximum absolute atomic E-state index is 13.0. The zero-order valence-corrected chi connectivity index (χ0v) is 23.6. The SMILES string of the molecule is CCOC(=O)c1c(NC(=O)CSC2=N/C(=C/c3cnn(C)c3C)C(=O)N2CC)sc2c1CCC(CC)C2. The van der Waals surface area contributed by atoms with Crippen molar-refractivity contribution in [3.8, 4) is 0 Å². The number of aromatic nitrogens is 2. The minimum Gasteiger partial charge on any atom is -0.462 e. The largest absolute Gasteiger partial charge is 0.462 e. The molecule has 2 aromatic heterocycles. The summed E-state index contributed by atoms with van der Waals surface area (Å²) in [6, 6.07) is 0. The molecule has 1 aliphatic heterocycles. The van der Waals surface area contributed by atoms with Crippen LogP contribution in [0, 0.1) is 12.8 Å². The van der Waals surface area contributed by atoms with Gasteiger partial charge < -0.3 is 10.1 Å². The number of anilines is 1. The van der Waals surface area contributed by atoms with Crippen molar-refractivity contribution in [2.24, 2.45) is 18.0 Å². The molecule has 0 saturated heterocycles. The summed E-state index contributed by atoms with van der Waals surface area (Å²) in [6.07, 6.45) is 7.29. The second kappa shape index (κ2) is 11.6. The number of aliphatic imine (C=N–C) groups is 1. The molecule has 11 heteroatoms. The van der Waals surface area contributed by atoms with E-state index in [1.165, 1.54) is 23.1 Å². The zero-order chi connectivity index (χ0) is 26.7. The predicted octanol–water partition coefficient (Wildman–Crippen LogP) is 4.41. The van der Waals surface area contributed by atoms with E-state index in [1.54, 1.807) is 28.8 Å². The minimum absolute atomic E-state index is 0.0598. The fourth-order valence-corrected chi connectivity index (χ4v) is 6.76. The van der Waals surface area contributed by atoms with Gasteiger partial charge in [0.2, 0.25) is 5.91 Å². The van der Waals surface area contributed by atoms with Crippen LogP contribution in [0.15, 0.2) is 16.9 Å². The highest BCUT2D eigenvalue weighted by Crippen LogP contribution is 2.41. The molecule has 0 fully saturated rings. The van der Waals surface area contributed by atoms with E-state index in [9.17, 15) is 14.4 Å². The molecule has 0 aromatic carbocycles. The number of aryl methyl sites for hydroxylation is 1. The van der Waals surface area contributed by atoms with E-state index in [4.69, 9.17) is 4.74 Å². The van der Waals surface area contributed by atoms with E-state index in [1.807, 2.05) is 20.9 Å². The first-order chi connectivity index (χ1) is 17.8. The monoisotopic (exact) mass is 543 g/mol. The number of esters is 1. The van der Waals surface area contributed by atoms with Crippen LogP contribution in [0.5, 0.6) is 0 Å². The number of nitrogens with one attached hydrogen (secondary N) is 1. The lowest BCUT2D eigenvalue weighted by Gasteiger charge is -2.20. The quantitative estimate of drug-likeness (QED) is 0.391. The molecule has 0 bridgehead atoms. The van der Waals surface area contributed by atoms with Crippen LogP contribution >= 0.6 is 23.1 Å². The van der Waals surface area contributed by atoms with E-state index >= 15 is 0 Å². The van der Waals surface area contributed by atoms with Crippen LogP contribution < -0.4 is 5.32 Å². The Labute approximate surface area is 225 Å². The van der Waals surface area contributed by atoms with Gasteiger partial charge in [0.15, 0.2) is 5.17 Å². The molecule has 3 heterocycles. The van der Waals surface area contributed by atoms with Gasteiger partial charge in [-0.15, -0.1) is 11.3 Å². The Morgan fingerprint density at radius 2 is 2.11 bits per heavy atom. The van der Waals surface area contributed by atoms with Crippen molar-refractivity contribution < 1.29 is 19.1 Å². The second-order valence-corrected chi connectivity index (χ2v) is 11.1. The number of rotatable bonds is 8. The fourth-order valence-electron chi connectivity index (χ4n) is 4.53. The van der Waals surface area contributed by atoms with Crippen LogP contribution in [0.2, 0.25) is 0 Å². The van der Waals surface area contributed by atoms with E-state index in [0.29, 0.717) is 33.9 Å². The molecule has 1 atom stereocenters. The average molecular weight is 544 g/mol. The lowest BCUT2D eigenvalue weighted by Crippen LogP contribution is -2.31. The number of fused-ring (bicyclic) bond motifs is 1. The number of hydrogen-bond donors (Lipinski definition) is 1. The summed E-state index contributed by atoms with van der Waals surface area (Å²) in [5.41, 5.74) is 3.59. The first kappa shape index (κ1) is 27.1. The number of nitrogens with zero attached hydrogens (tertiary/aromatic N) is 4. The van der Waals surface area contributed by atoms with Gasteiger partial charge >= 0.3 is 5.97 Å². The van der Waals surface area contributed by atoms with Gasteiger partial charge in [0.1, 0.15) is 10.7 Å². The summed E-state index contributed by atoms with van der Waals surface area (Å²) in [7, 11) is 1.84. The Hall–Kier alpha value is -2.92. The fraction of sp³-hybridized carbons (Fsp3) is 0.500. The minimum atomic E-state index is -0.388. The number of carbonyl (C=O) groups excluding carboxylic acids is 3. The summed E-state index contributed by atoms with van der Waals surface area (Å²) < 4.78 is 7.05. The van der Waals surface area contributed by atoms with Gasteiger partial charge in [-0.1, -0.05) is 25.1 Å². The Kier molecular flexibility index (Phi) is 8.53. The number of carbonyl (C=O) groups is 3. The number of thioether (sulfide) groups is 1. The van der Waals surface area contributed by atoms with E-state index < -0.39 is 0 Å². The number of amidine groups is 1. The highest BCUT2D eigenvalue weighted by Gasteiger charge is 2.32. The molecular weight excluding hydrogens is 510 g/mol. The highest BCUT2D eigenvalue weighted by atomic mass is 32.2. The molecule has 4 rings (SSSR count). The zero-order valence-electron chi connectivity index (χ0n) is 21.9. The summed E-state index contributed by atoms with van der Waals surface area (Å²) >= 11 is 2.68. The van der Waals surface area contributed by atoms with Crippen LogP contribution in [0.1, 0.15) is 65.7 Å². The summed E-state index contributed by atoms with van der Waals surface area (Å²) in [5, 5.41) is 8.19. The van der Waals surface area contributed by atoms with Crippen molar-refractivity contribution >= 4 is 57.1 Å². The standard InChI is InChI=1S/C26H33N5O4S2/c1-6-16-9-10-18-20(11-16)37-23(22(18)25(34)35-8-3)29-21(32)14-36-26-28-19(24(33)31(26)7-2)12-17-13-27-30(5)15(17)4/h12-13,16H,6-11,14H2,1-5H3,(H,29,32)/b19-12+. The van der Waals surface area contributed by atoms with E-state index in [2.05, 4.69) is 22.3 Å². The maximum atomic E-state index is 13.0. The van der Waals surface area contributed by atoms with Crippen LogP contribution in [0.3, 0.4) is 0 Å². The average Bonchev–Trinajstić information content (AvgIpc) is 3.50. The van der Waals surface area contributed by atoms with Crippen molar-refractivity contribution in [2.45, 2.75) is 53.4 Å². The molecule has 1 aliphatic carbocycles. The van der Waals surface area contributed by atoms with Crippen molar-refractivity contribution in [2.75, 3.05) is 24.2 Å². The molecule has 2 aliphatic rings. The third kappa shape index (κ3) is 5.67. The van der Waals surface area contributed by atoms with Crippen molar-refractivity contribution in [3.05, 3.63) is 39.2 Å². The topological polar surface area (TPSA) is 106 Å². The first-order valence-electron chi connectivity index (χ1n) is 12.6. The Balaban J connectivity index is 1.49. The van der Waals surface area contributed by atoms with Crippen LogP contribution in [-0.2, 0) is 34.2 Å². The summed E-state index contributed by atoms with van der Waals surface area (Å²) in [4.78, 5) is 45.9. The number of thiophene rings is 1. The van der Waals surface area contributed by atoms with Crippen LogP contribution in [-0.4, -0.2) is 56.5 Å². The Bertz CT molecular complexity index is 1280. The van der Waals surface area contributed by atoms with Gasteiger partial charge in [-0.25, -0.2) is 9.79 Å². The lowest BCUT2D eigenvalue weighted by atomic mass is 9.85. The Morgan fingerprint density at radius 3 is 2.76 bits per heavy atom.